The molecule has 4 aromatic rings. The zero-order valence-electron chi connectivity index (χ0n) is 15.2. The number of aromatic nitrogens is 1. The average Bonchev–Trinajstić information content (AvgIpc) is 2.99. The second-order valence-corrected chi connectivity index (χ2v) is 6.22. The molecule has 0 aliphatic rings. The summed E-state index contributed by atoms with van der Waals surface area (Å²) in [6.07, 6.45) is 0. The van der Waals surface area contributed by atoms with Crippen LogP contribution in [-0.2, 0) is 11.8 Å². The molecule has 0 atom stereocenters. The Morgan fingerprint density at radius 3 is 2.46 bits per heavy atom. The van der Waals surface area contributed by atoms with Crippen LogP contribution in [0, 0.1) is 0 Å². The highest BCUT2D eigenvalue weighted by atomic mass is 16.5. The first-order chi connectivity index (χ1) is 13.5. The van der Waals surface area contributed by atoms with Crippen molar-refractivity contribution in [2.75, 3.05) is 12.4 Å². The van der Waals surface area contributed by atoms with E-state index in [2.05, 4.69) is 5.32 Å². The van der Waals surface area contributed by atoms with Crippen molar-refractivity contribution in [2.45, 2.75) is 0 Å². The minimum absolute atomic E-state index is 0.146. The molecule has 0 spiro atoms. The van der Waals surface area contributed by atoms with E-state index in [1.54, 1.807) is 48.0 Å². The summed E-state index contributed by atoms with van der Waals surface area (Å²) >= 11 is 0. The van der Waals surface area contributed by atoms with Crippen LogP contribution in [0.1, 0.15) is 21.0 Å². The van der Waals surface area contributed by atoms with Crippen LogP contribution in [0.25, 0.3) is 21.9 Å². The lowest BCUT2D eigenvalue weighted by atomic mass is 10.2. The number of nitrogens with one attached hydrogen (secondary N) is 1. The molecule has 0 aliphatic carbocycles. The summed E-state index contributed by atoms with van der Waals surface area (Å²) in [7, 11) is 2.98. The Morgan fingerprint density at radius 1 is 1.04 bits per heavy atom. The second-order valence-electron chi connectivity index (χ2n) is 6.22. The summed E-state index contributed by atoms with van der Waals surface area (Å²) in [4.78, 5) is 37.4. The number of para-hydroxylation sites is 2. The maximum Gasteiger partial charge on any atom is 0.356 e. The van der Waals surface area contributed by atoms with Crippen LogP contribution in [0.3, 0.4) is 0 Å². The number of nitrogens with zero attached hydrogens (tertiary/aromatic N) is 1. The number of carbonyl (C=O) groups is 2. The number of anilines is 1. The van der Waals surface area contributed by atoms with Crippen molar-refractivity contribution in [3.63, 3.8) is 0 Å². The highest BCUT2D eigenvalue weighted by Gasteiger charge is 2.24. The van der Waals surface area contributed by atoms with Gasteiger partial charge in [-0.25, -0.2) is 4.79 Å². The SMILES string of the molecule is COC(=O)c1c(NC(=O)c2cc(=O)c3ccccc3o2)c2ccccc2n1C. The van der Waals surface area contributed by atoms with E-state index in [1.165, 1.54) is 7.11 Å². The predicted molar refractivity (Wildman–Crippen MR) is 105 cm³/mol. The molecule has 1 N–H and O–H groups in total. The number of hydrogen-bond acceptors (Lipinski definition) is 5. The number of aryl methyl sites for hydroxylation is 1. The van der Waals surface area contributed by atoms with Crippen LogP contribution < -0.4 is 10.7 Å². The van der Waals surface area contributed by atoms with Gasteiger partial charge in [-0.2, -0.15) is 0 Å². The van der Waals surface area contributed by atoms with Gasteiger partial charge in [-0.15, -0.1) is 0 Å². The number of methoxy groups -OCH3 is 1. The highest BCUT2D eigenvalue weighted by Crippen LogP contribution is 2.31. The Balaban J connectivity index is 1.83. The molecule has 7 heteroatoms. The summed E-state index contributed by atoms with van der Waals surface area (Å²) in [5.41, 5.74) is 1.23. The van der Waals surface area contributed by atoms with Crippen LogP contribution in [0.2, 0.25) is 0 Å². The van der Waals surface area contributed by atoms with Gasteiger partial charge in [0, 0.05) is 18.5 Å². The molecule has 2 aromatic carbocycles. The number of hydrogen-bond donors (Lipinski definition) is 1. The van der Waals surface area contributed by atoms with Crippen molar-refractivity contribution >= 4 is 39.4 Å². The Morgan fingerprint density at radius 2 is 1.71 bits per heavy atom. The lowest BCUT2D eigenvalue weighted by Crippen LogP contribution is -2.18. The lowest BCUT2D eigenvalue weighted by Gasteiger charge is -2.08. The number of esters is 1. The molecule has 0 saturated heterocycles. The Bertz CT molecular complexity index is 1300. The van der Waals surface area contributed by atoms with E-state index < -0.39 is 11.9 Å². The molecule has 0 radical (unpaired) electrons. The van der Waals surface area contributed by atoms with Crippen LogP contribution in [0.5, 0.6) is 0 Å². The van der Waals surface area contributed by atoms with Crippen molar-refractivity contribution in [1.29, 1.82) is 0 Å². The summed E-state index contributed by atoms with van der Waals surface area (Å²) in [5, 5.41) is 3.76. The van der Waals surface area contributed by atoms with Gasteiger partial charge in [-0.1, -0.05) is 30.3 Å². The first-order valence-electron chi connectivity index (χ1n) is 8.51. The molecule has 7 nitrogen and oxygen atoms in total. The van der Waals surface area contributed by atoms with Crippen LogP contribution in [0.15, 0.2) is 63.8 Å². The summed E-state index contributed by atoms with van der Waals surface area (Å²) in [6, 6.07) is 15.1. The average molecular weight is 376 g/mol. The minimum Gasteiger partial charge on any atom is -0.464 e. The van der Waals surface area contributed by atoms with Gasteiger partial charge in [0.15, 0.2) is 16.9 Å². The number of carbonyl (C=O) groups excluding carboxylic acids is 2. The van der Waals surface area contributed by atoms with Crippen molar-refractivity contribution in [3.05, 3.63) is 76.3 Å². The standard InChI is InChI=1S/C21H16N2O5/c1-23-14-9-5-3-7-12(14)18(19(23)21(26)27-2)22-20(25)17-11-15(24)13-8-4-6-10-16(13)28-17/h3-11H,1-2H3,(H,22,25). The summed E-state index contributed by atoms with van der Waals surface area (Å²) in [5.74, 6) is -1.37. The number of fused-ring (bicyclic) bond motifs is 2. The molecular formula is C21H16N2O5. The molecule has 0 bridgehead atoms. The van der Waals surface area contributed by atoms with E-state index >= 15 is 0 Å². The molecule has 1 amide bonds. The number of benzene rings is 2. The maximum atomic E-state index is 12.8. The molecule has 0 fully saturated rings. The second kappa shape index (κ2) is 6.70. The van der Waals surface area contributed by atoms with E-state index in [4.69, 9.17) is 9.15 Å². The van der Waals surface area contributed by atoms with Gasteiger partial charge in [0.25, 0.3) is 5.91 Å². The van der Waals surface area contributed by atoms with E-state index in [0.29, 0.717) is 22.0 Å². The molecule has 0 unspecified atom stereocenters. The zero-order valence-corrected chi connectivity index (χ0v) is 15.2. The Kier molecular flexibility index (Phi) is 4.19. The highest BCUT2D eigenvalue weighted by molar-refractivity contribution is 6.14. The van der Waals surface area contributed by atoms with Crippen molar-refractivity contribution < 1.29 is 18.7 Å². The Hall–Kier alpha value is -3.87. The third-order valence-electron chi connectivity index (χ3n) is 4.58. The van der Waals surface area contributed by atoms with Crippen molar-refractivity contribution in [2.24, 2.45) is 7.05 Å². The zero-order chi connectivity index (χ0) is 19.8. The molecule has 4 rings (SSSR count). The monoisotopic (exact) mass is 376 g/mol. The summed E-state index contributed by atoms with van der Waals surface area (Å²) < 4.78 is 12.1. The van der Waals surface area contributed by atoms with Crippen LogP contribution in [-0.4, -0.2) is 23.6 Å². The third kappa shape index (κ3) is 2.73. The number of ether oxygens (including phenoxy) is 1. The van der Waals surface area contributed by atoms with E-state index in [0.717, 1.165) is 11.6 Å². The maximum absolute atomic E-state index is 12.8. The van der Waals surface area contributed by atoms with Crippen molar-refractivity contribution in [3.8, 4) is 0 Å². The van der Waals surface area contributed by atoms with E-state index in [-0.39, 0.29) is 16.9 Å². The normalized spacial score (nSPS) is 10.9. The quantitative estimate of drug-likeness (QED) is 0.554. The topological polar surface area (TPSA) is 90.5 Å². The smallest absolute Gasteiger partial charge is 0.356 e. The first kappa shape index (κ1) is 17.5. The van der Waals surface area contributed by atoms with Crippen LogP contribution >= 0.6 is 0 Å². The molecule has 0 saturated carbocycles. The van der Waals surface area contributed by atoms with Gasteiger partial charge in [0.2, 0.25) is 0 Å². The van der Waals surface area contributed by atoms with E-state index in [9.17, 15) is 14.4 Å². The fourth-order valence-corrected chi connectivity index (χ4v) is 3.25. The predicted octanol–water partition coefficient (Wildman–Crippen LogP) is 3.32. The Labute approximate surface area is 159 Å². The van der Waals surface area contributed by atoms with Gasteiger partial charge in [-0.05, 0) is 18.2 Å². The fraction of sp³-hybridized carbons (Fsp3) is 0.0952. The minimum atomic E-state index is -0.635. The molecule has 2 aromatic heterocycles. The number of amides is 1. The van der Waals surface area contributed by atoms with Gasteiger partial charge in [0.05, 0.1) is 23.7 Å². The third-order valence-corrected chi connectivity index (χ3v) is 4.58. The summed E-state index contributed by atoms with van der Waals surface area (Å²) in [6.45, 7) is 0. The molecular weight excluding hydrogens is 360 g/mol. The van der Waals surface area contributed by atoms with Gasteiger partial charge in [0.1, 0.15) is 5.58 Å². The van der Waals surface area contributed by atoms with E-state index in [1.807, 2.05) is 12.1 Å². The molecule has 0 aliphatic heterocycles. The van der Waals surface area contributed by atoms with Gasteiger partial charge < -0.3 is 19.0 Å². The molecule has 28 heavy (non-hydrogen) atoms. The fourth-order valence-electron chi connectivity index (χ4n) is 3.25. The molecule has 140 valence electrons. The first-order valence-corrected chi connectivity index (χ1v) is 8.51. The molecule has 2 heterocycles. The van der Waals surface area contributed by atoms with Gasteiger partial charge in [-0.3, -0.25) is 9.59 Å². The van der Waals surface area contributed by atoms with Crippen LogP contribution in [0.4, 0.5) is 5.69 Å². The largest absolute Gasteiger partial charge is 0.464 e. The number of rotatable bonds is 3. The lowest BCUT2D eigenvalue weighted by molar-refractivity contribution is 0.0591. The van der Waals surface area contributed by atoms with Crippen molar-refractivity contribution in [1.82, 2.24) is 4.57 Å². The van der Waals surface area contributed by atoms with Gasteiger partial charge >= 0.3 is 5.97 Å².